The normalized spacial score (nSPS) is 26.1. The van der Waals surface area contributed by atoms with Gasteiger partial charge in [-0.25, -0.2) is 8.78 Å². The summed E-state index contributed by atoms with van der Waals surface area (Å²) in [4.78, 5) is 48.0. The van der Waals surface area contributed by atoms with E-state index >= 15 is 0 Å². The molecule has 248 valence electrons. The van der Waals surface area contributed by atoms with Crippen molar-refractivity contribution in [3.05, 3.63) is 69.2 Å². The molecule has 2 heterocycles. The summed E-state index contributed by atoms with van der Waals surface area (Å²) in [6.07, 6.45) is 6.77. The zero-order valence-electron chi connectivity index (χ0n) is 25.6. The molecule has 2 amide bonds. The summed E-state index contributed by atoms with van der Waals surface area (Å²) in [6, 6.07) is 8.92. The van der Waals surface area contributed by atoms with Crippen LogP contribution in [-0.4, -0.2) is 62.1 Å². The van der Waals surface area contributed by atoms with Gasteiger partial charge >= 0.3 is 0 Å². The minimum atomic E-state index is -0.597. The van der Waals surface area contributed by atoms with Crippen molar-refractivity contribution in [2.45, 2.75) is 57.4 Å². The summed E-state index contributed by atoms with van der Waals surface area (Å²) >= 11 is 11.2. The molecule has 2 aliphatic carbocycles. The number of hydrogen-bond donors (Lipinski definition) is 4. The van der Waals surface area contributed by atoms with E-state index in [0.29, 0.717) is 48.0 Å². The standard InChI is InChI=1S/2C17H20ClFN2O2/c18-14-4-1-10(5-15(14)19)6-16(22)17(23)21-9-12-8-20-13-3-2-11(12)7-13;18-13-4-3-11(6-14(13)19)7-15(22)16(23)21-10-17-5-1-2-12(17)8-20-9-17/h1,4-5,11-13,20H,2-3,6-9H2,(H,21,23);3-4,6,12,20H,1-2,5,7-10H2,(H,21,23). The number of ketones is 2. The molecule has 46 heavy (non-hydrogen) atoms. The number of hydrogen-bond acceptors (Lipinski definition) is 6. The highest BCUT2D eigenvalue weighted by Gasteiger charge is 2.46. The first-order valence-electron chi connectivity index (χ1n) is 16.0. The fourth-order valence-corrected chi connectivity index (χ4v) is 7.65. The first-order valence-corrected chi connectivity index (χ1v) is 16.7. The van der Waals surface area contributed by atoms with Gasteiger partial charge in [-0.2, -0.15) is 0 Å². The Labute approximate surface area is 277 Å². The van der Waals surface area contributed by atoms with E-state index in [-0.39, 0.29) is 28.3 Å². The van der Waals surface area contributed by atoms with Crippen LogP contribution in [0.4, 0.5) is 8.78 Å². The van der Waals surface area contributed by atoms with Gasteiger partial charge in [-0.15, -0.1) is 0 Å². The molecule has 4 N–H and O–H groups in total. The smallest absolute Gasteiger partial charge is 0.287 e. The Kier molecular flexibility index (Phi) is 11.5. The highest BCUT2D eigenvalue weighted by Crippen LogP contribution is 2.45. The Balaban J connectivity index is 0.000000181. The lowest BCUT2D eigenvalue weighted by Crippen LogP contribution is -2.45. The zero-order valence-corrected chi connectivity index (χ0v) is 27.1. The Hall–Kier alpha value is -2.92. The highest BCUT2D eigenvalue weighted by atomic mass is 35.5. The number of carbonyl (C=O) groups excluding carboxylic acids is 4. The van der Waals surface area contributed by atoms with Crippen molar-refractivity contribution in [3.8, 4) is 0 Å². The van der Waals surface area contributed by atoms with Crippen LogP contribution in [0, 0.1) is 34.8 Å². The first kappa shape index (κ1) is 34.4. The zero-order chi connectivity index (χ0) is 32.8. The van der Waals surface area contributed by atoms with Crippen LogP contribution < -0.4 is 21.3 Å². The summed E-state index contributed by atoms with van der Waals surface area (Å²) < 4.78 is 26.7. The molecule has 2 aromatic rings. The van der Waals surface area contributed by atoms with Crippen molar-refractivity contribution in [2.24, 2.45) is 23.2 Å². The Morgan fingerprint density at radius 2 is 1.48 bits per heavy atom. The number of nitrogens with one attached hydrogen (secondary N) is 4. The molecule has 0 radical (unpaired) electrons. The maximum atomic E-state index is 13.4. The molecule has 2 aliphatic heterocycles. The molecule has 6 rings (SSSR count). The van der Waals surface area contributed by atoms with E-state index in [1.807, 2.05) is 0 Å². The predicted octanol–water partition coefficient (Wildman–Crippen LogP) is 4.19. The van der Waals surface area contributed by atoms with E-state index < -0.39 is 35.0 Å². The van der Waals surface area contributed by atoms with Crippen molar-refractivity contribution >= 4 is 46.6 Å². The van der Waals surface area contributed by atoms with Crippen LogP contribution in [0.3, 0.4) is 0 Å². The van der Waals surface area contributed by atoms with Gasteiger partial charge in [0.15, 0.2) is 0 Å². The number of piperidine rings is 1. The van der Waals surface area contributed by atoms with Crippen LogP contribution in [0.25, 0.3) is 0 Å². The van der Waals surface area contributed by atoms with Crippen LogP contribution in [0.15, 0.2) is 36.4 Å². The van der Waals surface area contributed by atoms with Gasteiger partial charge < -0.3 is 21.3 Å². The van der Waals surface area contributed by atoms with Crippen molar-refractivity contribution < 1.29 is 28.0 Å². The Morgan fingerprint density at radius 3 is 2.11 bits per heavy atom. The molecule has 0 aromatic heterocycles. The number of carbonyl (C=O) groups is 4. The van der Waals surface area contributed by atoms with Gasteiger partial charge in [0.05, 0.1) is 10.0 Å². The van der Waals surface area contributed by atoms with Gasteiger partial charge in [-0.05, 0) is 91.8 Å². The third kappa shape index (κ3) is 8.51. The number of benzene rings is 2. The molecular formula is C34H40Cl2F2N4O4. The van der Waals surface area contributed by atoms with Gasteiger partial charge in [0, 0.05) is 50.5 Å². The van der Waals surface area contributed by atoms with E-state index in [1.165, 1.54) is 56.4 Å². The molecule has 12 heteroatoms. The minimum absolute atomic E-state index is 0.00492. The molecule has 2 aromatic carbocycles. The third-order valence-corrected chi connectivity index (χ3v) is 10.7. The van der Waals surface area contributed by atoms with Crippen LogP contribution in [0.2, 0.25) is 10.0 Å². The predicted molar refractivity (Wildman–Crippen MR) is 172 cm³/mol. The quantitative estimate of drug-likeness (QED) is 0.281. The van der Waals surface area contributed by atoms with E-state index in [0.717, 1.165) is 26.1 Å². The lowest BCUT2D eigenvalue weighted by atomic mass is 9.80. The van der Waals surface area contributed by atoms with E-state index in [4.69, 9.17) is 23.2 Å². The Bertz CT molecular complexity index is 1460. The molecule has 2 bridgehead atoms. The lowest BCUT2D eigenvalue weighted by molar-refractivity contribution is -0.137. The summed E-state index contributed by atoms with van der Waals surface area (Å²) in [5.41, 5.74) is 0.999. The van der Waals surface area contributed by atoms with Crippen LogP contribution in [0.1, 0.15) is 49.7 Å². The van der Waals surface area contributed by atoms with Gasteiger partial charge in [-0.1, -0.05) is 41.8 Å². The maximum absolute atomic E-state index is 13.4. The SMILES string of the molecule is O=C(Cc1ccc(Cl)c(F)c1)C(=O)NCC12CCCC1CNC2.O=C(Cc1ccc(Cl)c(F)c1)C(=O)NCC1CNC2CCC1C2. The number of Topliss-reactive ketones (excluding diaryl/α,β-unsaturated/α-hetero) is 2. The van der Waals surface area contributed by atoms with E-state index in [1.54, 1.807) is 12.1 Å². The minimum Gasteiger partial charge on any atom is -0.349 e. The highest BCUT2D eigenvalue weighted by molar-refractivity contribution is 6.37. The topological polar surface area (TPSA) is 116 Å². The fraction of sp³-hybridized carbons (Fsp3) is 0.529. The second-order valence-electron chi connectivity index (χ2n) is 13.1. The number of amides is 2. The van der Waals surface area contributed by atoms with Gasteiger partial charge in [0.2, 0.25) is 11.6 Å². The molecule has 4 fully saturated rings. The number of rotatable bonds is 10. The molecule has 2 saturated carbocycles. The molecule has 2 saturated heterocycles. The molecular weight excluding hydrogens is 637 g/mol. The van der Waals surface area contributed by atoms with Crippen LogP contribution >= 0.6 is 23.2 Å². The largest absolute Gasteiger partial charge is 0.349 e. The molecule has 5 unspecified atom stereocenters. The maximum Gasteiger partial charge on any atom is 0.287 e. The summed E-state index contributed by atoms with van der Waals surface area (Å²) in [5.74, 6) is -1.84. The van der Waals surface area contributed by atoms with Gasteiger partial charge in [0.25, 0.3) is 11.8 Å². The van der Waals surface area contributed by atoms with Crippen molar-refractivity contribution in [3.63, 3.8) is 0 Å². The third-order valence-electron chi connectivity index (χ3n) is 10.1. The lowest BCUT2D eigenvalue weighted by Gasteiger charge is -2.29. The Morgan fingerprint density at radius 1 is 0.848 bits per heavy atom. The summed E-state index contributed by atoms with van der Waals surface area (Å²) in [6.45, 7) is 3.84. The number of halogens is 4. The molecule has 4 aliphatic rings. The second kappa shape index (κ2) is 15.3. The van der Waals surface area contributed by atoms with E-state index in [9.17, 15) is 28.0 Å². The van der Waals surface area contributed by atoms with Crippen molar-refractivity contribution in [1.29, 1.82) is 0 Å². The molecule has 0 spiro atoms. The monoisotopic (exact) mass is 676 g/mol. The van der Waals surface area contributed by atoms with Crippen LogP contribution in [0.5, 0.6) is 0 Å². The molecule has 8 nitrogen and oxygen atoms in total. The second-order valence-corrected chi connectivity index (χ2v) is 13.9. The average molecular weight is 678 g/mol. The fourth-order valence-electron chi connectivity index (χ4n) is 7.41. The molecule has 5 atom stereocenters. The van der Waals surface area contributed by atoms with Crippen molar-refractivity contribution in [2.75, 3.05) is 32.7 Å². The van der Waals surface area contributed by atoms with Crippen LogP contribution in [-0.2, 0) is 32.0 Å². The van der Waals surface area contributed by atoms with Gasteiger partial charge in [-0.3, -0.25) is 19.2 Å². The summed E-state index contributed by atoms with van der Waals surface area (Å²) in [7, 11) is 0. The van der Waals surface area contributed by atoms with E-state index in [2.05, 4.69) is 21.3 Å². The van der Waals surface area contributed by atoms with Gasteiger partial charge in [0.1, 0.15) is 11.6 Å². The van der Waals surface area contributed by atoms with Crippen molar-refractivity contribution in [1.82, 2.24) is 21.3 Å². The first-order chi connectivity index (χ1) is 22.0. The summed E-state index contributed by atoms with van der Waals surface area (Å²) in [5, 5.41) is 12.4. The average Bonchev–Trinajstić information content (AvgIpc) is 3.74. The number of fused-ring (bicyclic) bond motifs is 3.